The lowest BCUT2D eigenvalue weighted by molar-refractivity contribution is 0.310. The molecule has 0 aliphatic rings. The molecule has 0 fully saturated rings. The lowest BCUT2D eigenvalue weighted by atomic mass is 10.2. The van der Waals surface area contributed by atoms with E-state index in [-0.39, 0.29) is 0 Å². The number of hydrogen-bond acceptors (Lipinski definition) is 3. The first-order valence-electron chi connectivity index (χ1n) is 6.68. The van der Waals surface area contributed by atoms with Gasteiger partial charge in [-0.05, 0) is 24.6 Å². The fourth-order valence-corrected chi connectivity index (χ4v) is 1.93. The van der Waals surface area contributed by atoms with Crippen molar-refractivity contribution in [2.45, 2.75) is 13.5 Å². The Kier molecular flexibility index (Phi) is 6.15. The van der Waals surface area contributed by atoms with Crippen molar-refractivity contribution >= 4 is 5.96 Å². The summed E-state index contributed by atoms with van der Waals surface area (Å²) in [6.45, 7) is 3.18. The summed E-state index contributed by atoms with van der Waals surface area (Å²) in [7, 11) is 9.58. The summed E-state index contributed by atoms with van der Waals surface area (Å²) in [6, 6.07) is 5.91. The maximum Gasteiger partial charge on any atom is 0.195 e. The highest BCUT2D eigenvalue weighted by molar-refractivity contribution is 5.79. The van der Waals surface area contributed by atoms with E-state index in [1.165, 1.54) is 0 Å². The molecule has 0 unspecified atom stereocenters. The molecule has 0 amide bonds. The first kappa shape index (κ1) is 16.1. The van der Waals surface area contributed by atoms with Crippen molar-refractivity contribution in [3.8, 4) is 11.5 Å². The Hall–Kier alpha value is -1.91. The van der Waals surface area contributed by atoms with E-state index in [4.69, 9.17) is 9.47 Å². The summed E-state index contributed by atoms with van der Waals surface area (Å²) >= 11 is 0. The van der Waals surface area contributed by atoms with E-state index in [0.717, 1.165) is 23.0 Å². The Balaban J connectivity index is 2.92. The molecule has 0 saturated carbocycles. The van der Waals surface area contributed by atoms with Crippen LogP contribution in [0, 0.1) is 0 Å². The van der Waals surface area contributed by atoms with Crippen LogP contribution in [0.4, 0.5) is 0 Å². The van der Waals surface area contributed by atoms with Crippen LogP contribution in [-0.2, 0) is 6.54 Å². The van der Waals surface area contributed by atoms with Crippen molar-refractivity contribution in [2.75, 3.05) is 41.9 Å². The molecule has 0 saturated heterocycles. The molecule has 5 heteroatoms. The van der Waals surface area contributed by atoms with Gasteiger partial charge in [0, 0.05) is 28.2 Å². The molecular formula is C15H25N3O2. The number of ether oxygens (including phenoxy) is 2. The predicted octanol–water partition coefficient (Wildman–Crippen LogP) is 2.07. The predicted molar refractivity (Wildman–Crippen MR) is 82.7 cm³/mol. The van der Waals surface area contributed by atoms with Crippen LogP contribution in [0.3, 0.4) is 0 Å². The molecule has 0 heterocycles. The molecular weight excluding hydrogens is 254 g/mol. The van der Waals surface area contributed by atoms with Crippen LogP contribution in [0.25, 0.3) is 0 Å². The second-order valence-electron chi connectivity index (χ2n) is 4.82. The molecule has 1 aromatic rings. The largest absolute Gasteiger partial charge is 0.493 e. The fourth-order valence-electron chi connectivity index (χ4n) is 1.93. The third kappa shape index (κ3) is 4.33. The van der Waals surface area contributed by atoms with Gasteiger partial charge in [-0.25, -0.2) is 4.99 Å². The third-order valence-corrected chi connectivity index (χ3v) is 2.73. The van der Waals surface area contributed by atoms with E-state index in [9.17, 15) is 0 Å². The third-order valence-electron chi connectivity index (χ3n) is 2.73. The summed E-state index contributed by atoms with van der Waals surface area (Å²) in [5, 5.41) is 0. The second-order valence-corrected chi connectivity index (χ2v) is 4.82. The zero-order chi connectivity index (χ0) is 15.1. The summed E-state index contributed by atoms with van der Waals surface area (Å²) in [5.41, 5.74) is 1.09. The Bertz CT molecular complexity index is 446. The van der Waals surface area contributed by atoms with Crippen LogP contribution in [0.1, 0.15) is 12.5 Å². The standard InChI is InChI=1S/C15H25N3O2/c1-7-20-14-10-12(8-9-13(14)19-6)11-16-15(17(2)3)18(4)5/h8-10H,7,11H2,1-6H3. The van der Waals surface area contributed by atoms with Crippen LogP contribution < -0.4 is 9.47 Å². The summed E-state index contributed by atoms with van der Waals surface area (Å²) in [5.74, 6) is 2.44. The Morgan fingerprint density at radius 1 is 1.10 bits per heavy atom. The molecule has 0 spiro atoms. The Morgan fingerprint density at radius 3 is 2.25 bits per heavy atom. The first-order valence-corrected chi connectivity index (χ1v) is 6.68. The summed E-state index contributed by atoms with van der Waals surface area (Å²) in [6.07, 6.45) is 0. The highest BCUT2D eigenvalue weighted by Crippen LogP contribution is 2.28. The van der Waals surface area contributed by atoms with Gasteiger partial charge in [0.25, 0.3) is 0 Å². The summed E-state index contributed by atoms with van der Waals surface area (Å²) < 4.78 is 10.9. The van der Waals surface area contributed by atoms with Gasteiger partial charge in [0.1, 0.15) is 0 Å². The highest BCUT2D eigenvalue weighted by Gasteiger charge is 2.07. The molecule has 0 aliphatic carbocycles. The normalized spacial score (nSPS) is 9.90. The molecule has 1 rings (SSSR count). The van der Waals surface area contributed by atoms with Gasteiger partial charge >= 0.3 is 0 Å². The number of benzene rings is 1. The van der Waals surface area contributed by atoms with Crippen LogP contribution in [0.2, 0.25) is 0 Å². The van der Waals surface area contributed by atoms with Crippen LogP contribution in [0.15, 0.2) is 23.2 Å². The molecule has 112 valence electrons. The van der Waals surface area contributed by atoms with Gasteiger partial charge in [0.05, 0.1) is 20.3 Å². The molecule has 5 nitrogen and oxygen atoms in total. The molecule has 0 bridgehead atoms. The zero-order valence-corrected chi connectivity index (χ0v) is 13.3. The van der Waals surface area contributed by atoms with E-state index in [1.54, 1.807) is 7.11 Å². The molecule has 20 heavy (non-hydrogen) atoms. The number of nitrogens with zero attached hydrogens (tertiary/aromatic N) is 3. The van der Waals surface area contributed by atoms with Gasteiger partial charge < -0.3 is 19.3 Å². The van der Waals surface area contributed by atoms with Gasteiger partial charge in [0.2, 0.25) is 0 Å². The number of guanidine groups is 1. The Morgan fingerprint density at radius 2 is 1.75 bits per heavy atom. The van der Waals surface area contributed by atoms with E-state index in [1.807, 2.05) is 63.1 Å². The lowest BCUT2D eigenvalue weighted by Gasteiger charge is -2.22. The second kappa shape index (κ2) is 7.62. The zero-order valence-electron chi connectivity index (χ0n) is 13.3. The van der Waals surface area contributed by atoms with Crippen molar-refractivity contribution in [1.82, 2.24) is 9.80 Å². The van der Waals surface area contributed by atoms with Crippen LogP contribution >= 0.6 is 0 Å². The van der Waals surface area contributed by atoms with Crippen molar-refractivity contribution in [3.63, 3.8) is 0 Å². The monoisotopic (exact) mass is 279 g/mol. The molecule has 0 atom stereocenters. The van der Waals surface area contributed by atoms with Gasteiger partial charge in [-0.2, -0.15) is 0 Å². The maximum absolute atomic E-state index is 5.58. The van der Waals surface area contributed by atoms with Crippen molar-refractivity contribution in [3.05, 3.63) is 23.8 Å². The SMILES string of the molecule is CCOc1cc(CN=C(N(C)C)N(C)C)ccc1OC. The van der Waals surface area contributed by atoms with Gasteiger partial charge in [0.15, 0.2) is 17.5 Å². The Labute approximate surface area is 121 Å². The topological polar surface area (TPSA) is 37.3 Å². The van der Waals surface area contributed by atoms with Crippen LogP contribution in [0.5, 0.6) is 11.5 Å². The minimum absolute atomic E-state index is 0.607. The number of rotatable bonds is 5. The average Bonchev–Trinajstić information content (AvgIpc) is 2.39. The van der Waals surface area contributed by atoms with Gasteiger partial charge in [-0.15, -0.1) is 0 Å². The van der Waals surface area contributed by atoms with Gasteiger partial charge in [-0.1, -0.05) is 6.07 Å². The fraction of sp³-hybridized carbons (Fsp3) is 0.533. The molecule has 1 aromatic carbocycles. The van der Waals surface area contributed by atoms with Crippen LogP contribution in [-0.4, -0.2) is 57.7 Å². The smallest absolute Gasteiger partial charge is 0.195 e. The minimum atomic E-state index is 0.607. The molecule has 0 aromatic heterocycles. The minimum Gasteiger partial charge on any atom is -0.493 e. The molecule has 0 N–H and O–H groups in total. The first-order chi connectivity index (χ1) is 9.49. The van der Waals surface area contributed by atoms with E-state index in [0.29, 0.717) is 13.2 Å². The van der Waals surface area contributed by atoms with Crippen molar-refractivity contribution < 1.29 is 9.47 Å². The lowest BCUT2D eigenvalue weighted by Crippen LogP contribution is -2.35. The highest BCUT2D eigenvalue weighted by atomic mass is 16.5. The number of hydrogen-bond donors (Lipinski definition) is 0. The van der Waals surface area contributed by atoms with Gasteiger partial charge in [-0.3, -0.25) is 0 Å². The van der Waals surface area contributed by atoms with Crippen molar-refractivity contribution in [2.24, 2.45) is 4.99 Å². The average molecular weight is 279 g/mol. The van der Waals surface area contributed by atoms with E-state index < -0.39 is 0 Å². The van der Waals surface area contributed by atoms with E-state index in [2.05, 4.69) is 4.99 Å². The molecule has 0 aliphatic heterocycles. The quantitative estimate of drug-likeness (QED) is 0.611. The van der Waals surface area contributed by atoms with E-state index >= 15 is 0 Å². The summed E-state index contributed by atoms with van der Waals surface area (Å²) in [4.78, 5) is 8.61. The number of aliphatic imine (C=N–C) groups is 1. The maximum atomic E-state index is 5.58. The van der Waals surface area contributed by atoms with Crippen molar-refractivity contribution in [1.29, 1.82) is 0 Å². The molecule has 0 radical (unpaired) electrons. The number of methoxy groups -OCH3 is 1.